The van der Waals surface area contributed by atoms with Crippen molar-refractivity contribution in [3.8, 4) is 5.75 Å². The zero-order valence-electron chi connectivity index (χ0n) is 16.8. The number of hydrogen-bond donors (Lipinski definition) is 3. The predicted molar refractivity (Wildman–Crippen MR) is 105 cm³/mol. The van der Waals surface area contributed by atoms with Crippen LogP contribution in [0.1, 0.15) is 37.5 Å². The molecule has 0 radical (unpaired) electrons. The number of aliphatic hydroxyl groups excluding tert-OH is 2. The van der Waals surface area contributed by atoms with Crippen molar-refractivity contribution in [1.82, 2.24) is 4.98 Å². The summed E-state index contributed by atoms with van der Waals surface area (Å²) >= 11 is 0. The lowest BCUT2D eigenvalue weighted by molar-refractivity contribution is -0.127. The minimum absolute atomic E-state index is 0.0694. The third kappa shape index (κ3) is 7.18. The number of amides is 1. The molecule has 170 valence electrons. The molecule has 1 aliphatic carbocycles. The molecule has 3 N–H and O–H groups in total. The molecule has 2 aromatic rings. The fraction of sp³-hybridized carbons (Fsp3) is 0.429. The van der Waals surface area contributed by atoms with E-state index in [9.17, 15) is 27.5 Å². The van der Waals surface area contributed by atoms with Crippen LogP contribution in [0.4, 0.5) is 23.2 Å². The third-order valence-corrected chi connectivity index (χ3v) is 4.72. The number of ether oxygens (including phenoxy) is 1. The molecule has 3 rings (SSSR count). The maximum absolute atomic E-state index is 13.3. The summed E-state index contributed by atoms with van der Waals surface area (Å²) in [6.07, 6.45) is 0.459. The van der Waals surface area contributed by atoms with Crippen molar-refractivity contribution >= 4 is 11.6 Å². The second-order valence-electron chi connectivity index (χ2n) is 7.06. The monoisotopic (exact) mass is 444 g/mol. The highest BCUT2D eigenvalue weighted by Crippen LogP contribution is 2.37. The summed E-state index contributed by atoms with van der Waals surface area (Å²) in [5.74, 6) is -5.81. The first kappa shape index (κ1) is 24.5. The van der Waals surface area contributed by atoms with E-state index in [1.807, 2.05) is 0 Å². The third-order valence-electron chi connectivity index (χ3n) is 4.72. The van der Waals surface area contributed by atoms with Gasteiger partial charge in [0.05, 0.1) is 31.3 Å². The predicted octanol–water partition coefficient (Wildman–Crippen LogP) is 3.84. The summed E-state index contributed by atoms with van der Waals surface area (Å²) in [6, 6.07) is 6.76. The number of rotatable bonds is 5. The van der Waals surface area contributed by atoms with Crippen LogP contribution >= 0.6 is 0 Å². The van der Waals surface area contributed by atoms with E-state index in [0.29, 0.717) is 18.5 Å². The number of hydrogen-bond acceptors (Lipinski definition) is 5. The van der Waals surface area contributed by atoms with E-state index in [4.69, 9.17) is 5.11 Å². The van der Waals surface area contributed by atoms with Gasteiger partial charge in [0.25, 0.3) is 0 Å². The molecule has 0 saturated heterocycles. The average molecular weight is 444 g/mol. The maximum Gasteiger partial charge on any atom is 0.248 e. The SMILES string of the molecule is COc1cccc(F)c1F.O=C(Nc1ccc(C(O)CO)nc1)[C@H]1CCCC(F)(F)C1. The van der Waals surface area contributed by atoms with Crippen LogP contribution in [0.15, 0.2) is 36.5 Å². The van der Waals surface area contributed by atoms with Crippen LogP contribution in [0.25, 0.3) is 0 Å². The number of anilines is 1. The van der Waals surface area contributed by atoms with Crippen LogP contribution < -0.4 is 10.1 Å². The number of nitrogens with zero attached hydrogens (tertiary/aromatic N) is 1. The Bertz CT molecular complexity index is 865. The second kappa shape index (κ2) is 11.1. The number of aliphatic hydroxyl groups is 2. The van der Waals surface area contributed by atoms with Gasteiger partial charge in [-0.05, 0) is 37.1 Å². The van der Waals surface area contributed by atoms with Gasteiger partial charge in [-0.15, -0.1) is 0 Å². The Labute approximate surface area is 176 Å². The van der Waals surface area contributed by atoms with E-state index in [1.165, 1.54) is 37.6 Å². The average Bonchev–Trinajstić information content (AvgIpc) is 2.75. The molecule has 1 aromatic heterocycles. The first-order chi connectivity index (χ1) is 14.7. The molecule has 0 spiro atoms. The highest BCUT2D eigenvalue weighted by Gasteiger charge is 2.39. The fourth-order valence-electron chi connectivity index (χ4n) is 3.05. The standard InChI is InChI=1S/C14H18F2N2O3.C7H6F2O/c15-14(16)5-1-2-9(6-14)13(21)18-10-3-4-11(17-7-10)12(20)8-19;1-10-6-4-2-3-5(8)7(6)9/h3-4,7,9,12,19-20H,1-2,5-6,8H2,(H,18,21);2-4H,1H3/t9-,12?;/m0./s1. The van der Waals surface area contributed by atoms with Crippen LogP contribution in [-0.4, -0.2) is 40.7 Å². The molecule has 1 amide bonds. The number of carbonyl (C=O) groups excluding carboxylic acids is 1. The van der Waals surface area contributed by atoms with Gasteiger partial charge < -0.3 is 20.3 Å². The molecule has 1 fully saturated rings. The lowest BCUT2D eigenvalue weighted by Gasteiger charge is -2.27. The lowest BCUT2D eigenvalue weighted by Crippen LogP contribution is -2.33. The zero-order chi connectivity index (χ0) is 23.0. The highest BCUT2D eigenvalue weighted by atomic mass is 19.3. The molecule has 1 aromatic carbocycles. The van der Waals surface area contributed by atoms with Gasteiger partial charge in [-0.2, -0.15) is 4.39 Å². The molecule has 1 unspecified atom stereocenters. The largest absolute Gasteiger partial charge is 0.494 e. The van der Waals surface area contributed by atoms with Gasteiger partial charge in [-0.1, -0.05) is 6.07 Å². The van der Waals surface area contributed by atoms with E-state index in [2.05, 4.69) is 15.0 Å². The normalized spacial score (nSPS) is 18.4. The molecular formula is C21H24F4N2O4. The first-order valence-corrected chi connectivity index (χ1v) is 9.58. The van der Waals surface area contributed by atoms with Crippen molar-refractivity contribution in [1.29, 1.82) is 0 Å². The second-order valence-corrected chi connectivity index (χ2v) is 7.06. The summed E-state index contributed by atoms with van der Waals surface area (Å²) in [5, 5.41) is 20.7. The van der Waals surface area contributed by atoms with Crippen LogP contribution in [0.2, 0.25) is 0 Å². The van der Waals surface area contributed by atoms with Crippen molar-refractivity contribution in [2.24, 2.45) is 5.92 Å². The van der Waals surface area contributed by atoms with E-state index < -0.39 is 48.5 Å². The molecule has 6 nitrogen and oxygen atoms in total. The Morgan fingerprint density at radius 3 is 2.61 bits per heavy atom. The topological polar surface area (TPSA) is 91.7 Å². The number of pyridine rings is 1. The van der Waals surface area contributed by atoms with Gasteiger partial charge >= 0.3 is 0 Å². The molecule has 1 aliphatic rings. The Hall–Kier alpha value is -2.72. The van der Waals surface area contributed by atoms with Crippen LogP contribution in [-0.2, 0) is 4.79 Å². The van der Waals surface area contributed by atoms with Crippen molar-refractivity contribution in [3.63, 3.8) is 0 Å². The van der Waals surface area contributed by atoms with Crippen molar-refractivity contribution < 1.29 is 37.3 Å². The Morgan fingerprint density at radius 2 is 2.06 bits per heavy atom. The molecule has 0 aliphatic heterocycles. The van der Waals surface area contributed by atoms with Crippen LogP contribution in [0.3, 0.4) is 0 Å². The van der Waals surface area contributed by atoms with E-state index in [0.717, 1.165) is 6.07 Å². The summed E-state index contributed by atoms with van der Waals surface area (Å²) in [5.41, 5.74) is 0.655. The van der Waals surface area contributed by atoms with Gasteiger partial charge in [0.1, 0.15) is 6.10 Å². The first-order valence-electron chi connectivity index (χ1n) is 9.58. The Morgan fingerprint density at radius 1 is 1.32 bits per heavy atom. The van der Waals surface area contributed by atoms with E-state index in [-0.39, 0.29) is 17.9 Å². The van der Waals surface area contributed by atoms with Crippen LogP contribution in [0.5, 0.6) is 5.75 Å². The lowest BCUT2D eigenvalue weighted by atomic mass is 9.86. The fourth-order valence-corrected chi connectivity index (χ4v) is 3.05. The summed E-state index contributed by atoms with van der Waals surface area (Å²) in [7, 11) is 1.29. The highest BCUT2D eigenvalue weighted by molar-refractivity contribution is 5.92. The van der Waals surface area contributed by atoms with Gasteiger partial charge in [0.15, 0.2) is 11.6 Å². The summed E-state index contributed by atoms with van der Waals surface area (Å²) in [4.78, 5) is 15.9. The van der Waals surface area contributed by atoms with E-state index >= 15 is 0 Å². The number of halogens is 4. The quantitative estimate of drug-likeness (QED) is 0.610. The zero-order valence-corrected chi connectivity index (χ0v) is 16.8. The molecule has 2 atom stereocenters. The molecule has 1 heterocycles. The number of carbonyl (C=O) groups is 1. The van der Waals surface area contributed by atoms with E-state index in [1.54, 1.807) is 0 Å². The molecule has 0 bridgehead atoms. The summed E-state index contributed by atoms with van der Waals surface area (Å²) < 4.78 is 55.9. The smallest absolute Gasteiger partial charge is 0.248 e. The van der Waals surface area contributed by atoms with Crippen molar-refractivity contribution in [3.05, 3.63) is 53.9 Å². The van der Waals surface area contributed by atoms with Gasteiger partial charge in [-0.3, -0.25) is 9.78 Å². The van der Waals surface area contributed by atoms with Crippen LogP contribution in [0, 0.1) is 17.6 Å². The number of benzene rings is 1. The molecule has 31 heavy (non-hydrogen) atoms. The number of nitrogens with one attached hydrogen (secondary N) is 1. The molecule has 10 heteroatoms. The number of aromatic nitrogens is 1. The maximum atomic E-state index is 13.3. The Kier molecular flexibility index (Phi) is 8.76. The van der Waals surface area contributed by atoms with Crippen molar-refractivity contribution in [2.75, 3.05) is 19.0 Å². The van der Waals surface area contributed by atoms with Gasteiger partial charge in [0, 0.05) is 18.8 Å². The minimum Gasteiger partial charge on any atom is -0.494 e. The molecule has 1 saturated carbocycles. The Balaban J connectivity index is 0.000000285. The molecular weight excluding hydrogens is 420 g/mol. The number of alkyl halides is 2. The van der Waals surface area contributed by atoms with Gasteiger partial charge in [-0.25, -0.2) is 13.2 Å². The minimum atomic E-state index is -2.77. The van der Waals surface area contributed by atoms with Crippen molar-refractivity contribution in [2.45, 2.75) is 37.7 Å². The number of methoxy groups -OCH3 is 1. The van der Waals surface area contributed by atoms with Gasteiger partial charge in [0.2, 0.25) is 17.6 Å². The summed E-state index contributed by atoms with van der Waals surface area (Å²) in [6.45, 7) is -0.449.